The van der Waals surface area contributed by atoms with Gasteiger partial charge in [0, 0.05) is 13.1 Å². The number of anilines is 1. The summed E-state index contributed by atoms with van der Waals surface area (Å²) in [4.78, 5) is 14.3. The van der Waals surface area contributed by atoms with Gasteiger partial charge in [0.25, 0.3) is 0 Å². The van der Waals surface area contributed by atoms with Crippen LogP contribution in [0.15, 0.2) is 24.3 Å². The van der Waals surface area contributed by atoms with E-state index >= 15 is 0 Å². The van der Waals surface area contributed by atoms with Crippen molar-refractivity contribution in [1.29, 1.82) is 0 Å². The number of hydrogen-bond donors (Lipinski definition) is 2. The largest absolute Gasteiger partial charge is 0.391 e. The Balaban J connectivity index is 1.88. The van der Waals surface area contributed by atoms with Gasteiger partial charge < -0.3 is 15.8 Å². The van der Waals surface area contributed by atoms with E-state index < -0.39 is 0 Å². The monoisotopic (exact) mass is 313 g/mol. The average Bonchev–Trinajstić information content (AvgIpc) is 2.41. The zero-order valence-electron chi connectivity index (χ0n) is 10.8. The molecule has 1 fully saturated rings. The van der Waals surface area contributed by atoms with Crippen LogP contribution in [-0.4, -0.2) is 48.1 Å². The predicted molar refractivity (Wildman–Crippen MR) is 83.0 cm³/mol. The highest BCUT2D eigenvalue weighted by molar-refractivity contribution is 7.80. The number of carbonyl (C=O) groups excluding carboxylic acids is 1. The minimum Gasteiger partial charge on any atom is -0.391 e. The van der Waals surface area contributed by atoms with Crippen LogP contribution in [0, 0.1) is 0 Å². The average molecular weight is 314 g/mol. The third kappa shape index (κ3) is 4.14. The number of nitrogens with two attached hydrogens (primary N) is 1. The van der Waals surface area contributed by atoms with Crippen molar-refractivity contribution in [2.75, 3.05) is 31.6 Å². The van der Waals surface area contributed by atoms with Crippen LogP contribution >= 0.6 is 23.8 Å². The predicted octanol–water partition coefficient (Wildman–Crippen LogP) is 1.27. The van der Waals surface area contributed by atoms with Crippen molar-refractivity contribution in [3.05, 3.63) is 29.3 Å². The van der Waals surface area contributed by atoms with Crippen molar-refractivity contribution in [3.63, 3.8) is 0 Å². The molecule has 7 heteroatoms. The summed E-state index contributed by atoms with van der Waals surface area (Å²) in [6.07, 6.45) is -0.285. The SMILES string of the molecule is NC(=S)C1CN(CC(=O)Nc2ccccc2Cl)CCO1. The summed E-state index contributed by atoms with van der Waals surface area (Å²) < 4.78 is 5.43. The summed E-state index contributed by atoms with van der Waals surface area (Å²) in [7, 11) is 0. The smallest absolute Gasteiger partial charge is 0.238 e. The molecule has 2 rings (SSSR count). The van der Waals surface area contributed by atoms with Crippen molar-refractivity contribution in [2.24, 2.45) is 5.73 Å². The molecule has 1 aromatic carbocycles. The lowest BCUT2D eigenvalue weighted by Gasteiger charge is -2.31. The zero-order chi connectivity index (χ0) is 14.5. The van der Waals surface area contributed by atoms with Crippen molar-refractivity contribution in [2.45, 2.75) is 6.10 Å². The van der Waals surface area contributed by atoms with E-state index in [1.54, 1.807) is 12.1 Å². The number of halogens is 1. The highest BCUT2D eigenvalue weighted by Gasteiger charge is 2.23. The lowest BCUT2D eigenvalue weighted by atomic mass is 10.2. The molecule has 1 aliphatic rings. The molecule has 1 heterocycles. The standard InChI is InChI=1S/C13H16ClN3O2S/c14-9-3-1-2-4-10(9)16-12(18)8-17-5-6-19-11(7-17)13(15)20/h1-4,11H,5-8H2,(H2,15,20)(H,16,18). The Hall–Kier alpha value is -1.21. The highest BCUT2D eigenvalue weighted by Crippen LogP contribution is 2.20. The fourth-order valence-electron chi connectivity index (χ4n) is 1.97. The van der Waals surface area contributed by atoms with Gasteiger partial charge in [0.05, 0.1) is 23.9 Å². The second-order valence-electron chi connectivity index (χ2n) is 4.52. The van der Waals surface area contributed by atoms with Gasteiger partial charge in [-0.25, -0.2) is 0 Å². The molecule has 1 saturated heterocycles. The summed E-state index contributed by atoms with van der Waals surface area (Å²) in [5, 5.41) is 3.30. The molecule has 5 nitrogen and oxygen atoms in total. The number of nitrogens with one attached hydrogen (secondary N) is 1. The quantitative estimate of drug-likeness (QED) is 0.819. The minimum absolute atomic E-state index is 0.123. The van der Waals surface area contributed by atoms with Crippen LogP contribution in [0.5, 0.6) is 0 Å². The Morgan fingerprint density at radius 3 is 3.00 bits per heavy atom. The number of nitrogens with zero attached hydrogens (tertiary/aromatic N) is 1. The first-order valence-electron chi connectivity index (χ1n) is 6.24. The fourth-order valence-corrected chi connectivity index (χ4v) is 2.30. The lowest BCUT2D eigenvalue weighted by Crippen LogP contribution is -2.49. The molecule has 0 spiro atoms. The minimum atomic E-state index is -0.285. The molecular weight excluding hydrogens is 298 g/mol. The molecule has 1 unspecified atom stereocenters. The number of thiocarbonyl (C=S) groups is 1. The second-order valence-corrected chi connectivity index (χ2v) is 5.40. The number of hydrogen-bond acceptors (Lipinski definition) is 4. The lowest BCUT2D eigenvalue weighted by molar-refractivity contribution is -0.118. The molecule has 0 bridgehead atoms. The fraction of sp³-hybridized carbons (Fsp3) is 0.385. The van der Waals surface area contributed by atoms with E-state index in [1.165, 1.54) is 0 Å². The van der Waals surface area contributed by atoms with E-state index in [0.29, 0.717) is 35.4 Å². The second kappa shape index (κ2) is 6.99. The molecule has 1 atom stereocenters. The number of benzene rings is 1. The first-order valence-corrected chi connectivity index (χ1v) is 7.02. The van der Waals surface area contributed by atoms with E-state index in [2.05, 4.69) is 5.32 Å². The summed E-state index contributed by atoms with van der Waals surface area (Å²) in [5.74, 6) is -0.123. The summed E-state index contributed by atoms with van der Waals surface area (Å²) in [6, 6.07) is 7.12. The Bertz CT molecular complexity index is 512. The van der Waals surface area contributed by atoms with Crippen LogP contribution in [0.4, 0.5) is 5.69 Å². The maximum Gasteiger partial charge on any atom is 0.238 e. The maximum atomic E-state index is 12.0. The van der Waals surface area contributed by atoms with Gasteiger partial charge in [0.1, 0.15) is 11.1 Å². The number of ether oxygens (including phenoxy) is 1. The van der Waals surface area contributed by atoms with Crippen molar-refractivity contribution < 1.29 is 9.53 Å². The third-order valence-electron chi connectivity index (χ3n) is 2.98. The van der Waals surface area contributed by atoms with Crippen LogP contribution in [-0.2, 0) is 9.53 Å². The molecule has 20 heavy (non-hydrogen) atoms. The summed E-state index contributed by atoms with van der Waals surface area (Å²) in [5.41, 5.74) is 6.17. The van der Waals surface area contributed by atoms with Crippen LogP contribution in [0.2, 0.25) is 5.02 Å². The topological polar surface area (TPSA) is 67.6 Å². The first-order chi connectivity index (χ1) is 9.56. The summed E-state index contributed by atoms with van der Waals surface area (Å²) >= 11 is 10.9. The molecule has 0 radical (unpaired) electrons. The number of rotatable bonds is 4. The number of morpholine rings is 1. The third-order valence-corrected chi connectivity index (χ3v) is 3.58. The Labute approximate surface area is 128 Å². The van der Waals surface area contributed by atoms with Gasteiger partial charge in [0.2, 0.25) is 5.91 Å². The van der Waals surface area contributed by atoms with Crippen molar-refractivity contribution in [1.82, 2.24) is 4.90 Å². The van der Waals surface area contributed by atoms with Gasteiger partial charge in [-0.15, -0.1) is 0 Å². The van der Waals surface area contributed by atoms with Gasteiger partial charge in [-0.3, -0.25) is 9.69 Å². The molecule has 108 valence electrons. The van der Waals surface area contributed by atoms with Crippen molar-refractivity contribution >= 4 is 40.4 Å². The van der Waals surface area contributed by atoms with E-state index in [1.807, 2.05) is 17.0 Å². The van der Waals surface area contributed by atoms with Gasteiger partial charge in [0.15, 0.2) is 0 Å². The molecule has 0 saturated carbocycles. The maximum absolute atomic E-state index is 12.0. The zero-order valence-corrected chi connectivity index (χ0v) is 12.4. The first kappa shape index (κ1) is 15.2. The molecule has 1 amide bonds. The van der Waals surface area contributed by atoms with Gasteiger partial charge in [-0.2, -0.15) is 0 Å². The van der Waals surface area contributed by atoms with Gasteiger partial charge in [-0.1, -0.05) is 36.0 Å². The van der Waals surface area contributed by atoms with Crippen LogP contribution in [0.3, 0.4) is 0 Å². The number of para-hydroxylation sites is 1. The number of carbonyl (C=O) groups is 1. The Morgan fingerprint density at radius 1 is 1.55 bits per heavy atom. The van der Waals surface area contributed by atoms with Gasteiger partial charge in [-0.05, 0) is 12.1 Å². The van der Waals surface area contributed by atoms with E-state index in [0.717, 1.165) is 0 Å². The molecule has 0 aromatic heterocycles. The van der Waals surface area contributed by atoms with Crippen LogP contribution in [0.25, 0.3) is 0 Å². The normalized spacial score (nSPS) is 19.6. The summed E-state index contributed by atoms with van der Waals surface area (Å²) in [6.45, 7) is 1.98. The molecular formula is C13H16ClN3O2S. The molecule has 0 aliphatic carbocycles. The Morgan fingerprint density at radius 2 is 2.30 bits per heavy atom. The van der Waals surface area contributed by atoms with E-state index in [4.69, 9.17) is 34.3 Å². The van der Waals surface area contributed by atoms with E-state index in [9.17, 15) is 4.79 Å². The molecule has 3 N–H and O–H groups in total. The molecule has 1 aliphatic heterocycles. The molecule has 1 aromatic rings. The van der Waals surface area contributed by atoms with E-state index in [-0.39, 0.29) is 18.6 Å². The van der Waals surface area contributed by atoms with Crippen LogP contribution < -0.4 is 11.1 Å². The van der Waals surface area contributed by atoms with Crippen LogP contribution in [0.1, 0.15) is 0 Å². The highest BCUT2D eigenvalue weighted by atomic mass is 35.5. The van der Waals surface area contributed by atoms with Gasteiger partial charge >= 0.3 is 0 Å². The Kier molecular flexibility index (Phi) is 5.31. The van der Waals surface area contributed by atoms with Crippen molar-refractivity contribution in [3.8, 4) is 0 Å². The number of amides is 1.